The van der Waals surface area contributed by atoms with Gasteiger partial charge in [-0.1, -0.05) is 282 Å². The zero-order valence-corrected chi connectivity index (χ0v) is 51.1. The summed E-state index contributed by atoms with van der Waals surface area (Å²) >= 11 is 0. The van der Waals surface area contributed by atoms with E-state index in [4.69, 9.17) is 18.9 Å². The number of ether oxygens (including phenoxy) is 4. The summed E-state index contributed by atoms with van der Waals surface area (Å²) in [6, 6.07) is -0.927. The van der Waals surface area contributed by atoms with Crippen LogP contribution >= 0.6 is 0 Å². The standard InChI is InChI=1S/C66H125NO13/c1-3-5-7-9-11-13-15-17-18-19-20-21-22-23-24-25-26-27-28-29-30-31-32-33-34-35-36-38-40-42-44-46-48-50-58(71)67-54(55(70)49-47-45-43-41-39-37-16-14-12-10-8-6-4-2)53-77-65-63(76)61(74)64(57(52-69)79-65)80-66-62(75)60(73)59(72)56(51-68)78-66/h39,41,47,49,54-57,59-66,68-70,72-76H,3-38,40,42-46,48,50-53H2,1-2H3,(H,67,71)/b41-39+,49-47+. The summed E-state index contributed by atoms with van der Waals surface area (Å²) in [7, 11) is 0. The highest BCUT2D eigenvalue weighted by Gasteiger charge is 2.51. The van der Waals surface area contributed by atoms with Crippen LogP contribution < -0.4 is 5.32 Å². The SMILES string of the molecule is CCCCCCCCC/C=C/CC/C=C/C(O)C(COC1OC(CO)C(OC2OC(CO)C(O)C(O)C2O)C(O)C1O)NC(=O)CCCCCCCCCCCCCCCCCCCCCCCCCCCCCCCCCCC. The molecule has 2 aliphatic heterocycles. The van der Waals surface area contributed by atoms with Gasteiger partial charge in [0, 0.05) is 6.42 Å². The lowest BCUT2D eigenvalue weighted by atomic mass is 9.97. The number of hydrogen-bond acceptors (Lipinski definition) is 13. The average Bonchev–Trinajstić information content (AvgIpc) is 3.49. The summed E-state index contributed by atoms with van der Waals surface area (Å²) in [5.41, 5.74) is 0. The monoisotopic (exact) mass is 1140 g/mol. The Morgan fingerprint density at radius 1 is 0.438 bits per heavy atom. The minimum absolute atomic E-state index is 0.244. The van der Waals surface area contributed by atoms with Crippen molar-refractivity contribution in [1.29, 1.82) is 0 Å². The van der Waals surface area contributed by atoms with E-state index in [0.29, 0.717) is 12.8 Å². The van der Waals surface area contributed by atoms with E-state index >= 15 is 0 Å². The fraction of sp³-hybridized carbons (Fsp3) is 0.924. The quantitative estimate of drug-likeness (QED) is 0.0204. The summed E-state index contributed by atoms with van der Waals surface area (Å²) in [6.45, 7) is 2.80. The van der Waals surface area contributed by atoms with E-state index in [-0.39, 0.29) is 18.9 Å². The number of carbonyl (C=O) groups is 1. The molecule has 14 heteroatoms. The third-order valence-corrected chi connectivity index (χ3v) is 16.6. The van der Waals surface area contributed by atoms with Crippen molar-refractivity contribution in [3.05, 3.63) is 24.3 Å². The van der Waals surface area contributed by atoms with Gasteiger partial charge < -0.3 is 65.1 Å². The van der Waals surface area contributed by atoms with Crippen LogP contribution in [0, 0.1) is 0 Å². The van der Waals surface area contributed by atoms with E-state index in [2.05, 4.69) is 31.3 Å². The summed E-state index contributed by atoms with van der Waals surface area (Å²) in [5, 5.41) is 87.1. The number of allylic oxidation sites excluding steroid dienone is 3. The average molecular weight is 1140 g/mol. The van der Waals surface area contributed by atoms with E-state index < -0.39 is 86.8 Å². The smallest absolute Gasteiger partial charge is 0.220 e. The molecule has 1 amide bonds. The van der Waals surface area contributed by atoms with Gasteiger partial charge in [0.25, 0.3) is 0 Å². The van der Waals surface area contributed by atoms with Crippen LogP contribution in [0.4, 0.5) is 0 Å². The Morgan fingerprint density at radius 2 is 0.800 bits per heavy atom. The molecule has 0 saturated carbocycles. The molecule has 12 unspecified atom stereocenters. The van der Waals surface area contributed by atoms with E-state index in [1.54, 1.807) is 6.08 Å². The number of aliphatic hydroxyl groups excluding tert-OH is 8. The first-order valence-electron chi connectivity index (χ1n) is 33.6. The van der Waals surface area contributed by atoms with Gasteiger partial charge in [0.1, 0.15) is 48.8 Å². The third-order valence-electron chi connectivity index (χ3n) is 16.6. The van der Waals surface area contributed by atoms with Gasteiger partial charge in [0.15, 0.2) is 12.6 Å². The summed E-state index contributed by atoms with van der Waals surface area (Å²) in [4.78, 5) is 13.3. The number of amides is 1. The molecular weight excluding hydrogens is 1010 g/mol. The predicted octanol–water partition coefficient (Wildman–Crippen LogP) is 12.8. The highest BCUT2D eigenvalue weighted by molar-refractivity contribution is 5.76. The van der Waals surface area contributed by atoms with Crippen LogP contribution in [0.5, 0.6) is 0 Å². The second-order valence-corrected chi connectivity index (χ2v) is 24.0. The Morgan fingerprint density at radius 3 is 1.23 bits per heavy atom. The van der Waals surface area contributed by atoms with Gasteiger partial charge in [-0.25, -0.2) is 0 Å². The van der Waals surface area contributed by atoms with Crippen molar-refractivity contribution in [2.24, 2.45) is 0 Å². The van der Waals surface area contributed by atoms with Crippen LogP contribution in [0.1, 0.15) is 296 Å². The van der Waals surface area contributed by atoms with Gasteiger partial charge in [0.2, 0.25) is 5.91 Å². The van der Waals surface area contributed by atoms with E-state index in [1.807, 2.05) is 6.08 Å². The van der Waals surface area contributed by atoms with Crippen molar-refractivity contribution in [3.8, 4) is 0 Å². The van der Waals surface area contributed by atoms with Crippen LogP contribution in [0.15, 0.2) is 24.3 Å². The Hall–Kier alpha value is -1.53. The molecule has 2 aliphatic rings. The predicted molar refractivity (Wildman–Crippen MR) is 323 cm³/mol. The fourth-order valence-electron chi connectivity index (χ4n) is 11.3. The Balaban J connectivity index is 1.61. The number of unbranched alkanes of at least 4 members (excludes halogenated alkanes) is 40. The van der Waals surface area contributed by atoms with Gasteiger partial charge in [-0.15, -0.1) is 0 Å². The van der Waals surface area contributed by atoms with E-state index in [1.165, 1.54) is 231 Å². The van der Waals surface area contributed by atoms with Crippen LogP contribution in [-0.2, 0) is 23.7 Å². The first-order chi connectivity index (χ1) is 39.1. The maximum absolute atomic E-state index is 13.3. The van der Waals surface area contributed by atoms with Crippen LogP contribution in [0.3, 0.4) is 0 Å². The topological polar surface area (TPSA) is 228 Å². The van der Waals surface area contributed by atoms with E-state index in [0.717, 1.165) is 32.1 Å². The molecule has 9 N–H and O–H groups in total. The van der Waals surface area contributed by atoms with Gasteiger partial charge in [0.05, 0.1) is 32.0 Å². The van der Waals surface area contributed by atoms with Crippen molar-refractivity contribution < 1.29 is 64.6 Å². The first kappa shape index (κ1) is 74.6. The zero-order valence-electron chi connectivity index (χ0n) is 51.1. The molecule has 0 bridgehead atoms. The van der Waals surface area contributed by atoms with Gasteiger partial charge in [-0.05, 0) is 32.1 Å². The molecule has 0 aliphatic carbocycles. The zero-order chi connectivity index (χ0) is 58.1. The van der Waals surface area contributed by atoms with Crippen molar-refractivity contribution in [3.63, 3.8) is 0 Å². The molecular formula is C66H125NO13. The summed E-state index contributed by atoms with van der Waals surface area (Å²) in [6.07, 6.45) is 46.9. The van der Waals surface area contributed by atoms with Crippen LogP contribution in [-0.4, -0.2) is 140 Å². The Kier molecular flexibility index (Phi) is 48.3. The number of nitrogens with one attached hydrogen (secondary N) is 1. The highest BCUT2D eigenvalue weighted by Crippen LogP contribution is 2.30. The third kappa shape index (κ3) is 36.3. The van der Waals surface area contributed by atoms with Crippen molar-refractivity contribution in [2.75, 3.05) is 19.8 Å². The number of aliphatic hydroxyl groups is 8. The molecule has 2 rings (SSSR count). The maximum atomic E-state index is 13.3. The number of carbonyl (C=O) groups excluding carboxylic acids is 1. The minimum atomic E-state index is -1.79. The molecule has 0 aromatic rings. The van der Waals surface area contributed by atoms with Crippen LogP contribution in [0.25, 0.3) is 0 Å². The van der Waals surface area contributed by atoms with E-state index in [9.17, 15) is 45.6 Å². The highest BCUT2D eigenvalue weighted by atomic mass is 16.7. The molecule has 2 saturated heterocycles. The molecule has 0 aromatic heterocycles. The second-order valence-electron chi connectivity index (χ2n) is 24.0. The molecule has 14 nitrogen and oxygen atoms in total. The largest absolute Gasteiger partial charge is 0.394 e. The Labute approximate surface area is 488 Å². The molecule has 0 radical (unpaired) electrons. The van der Waals surface area contributed by atoms with Crippen LogP contribution in [0.2, 0.25) is 0 Å². The lowest BCUT2D eigenvalue weighted by Gasteiger charge is -2.46. The Bertz CT molecular complexity index is 1440. The molecule has 0 spiro atoms. The lowest BCUT2D eigenvalue weighted by Crippen LogP contribution is -2.65. The second kappa shape index (κ2) is 51.9. The number of hydrogen-bond donors (Lipinski definition) is 9. The normalized spacial score (nSPS) is 24.3. The van der Waals surface area contributed by atoms with Crippen molar-refractivity contribution in [2.45, 2.75) is 370 Å². The lowest BCUT2D eigenvalue weighted by molar-refractivity contribution is -0.359. The molecule has 2 heterocycles. The molecule has 80 heavy (non-hydrogen) atoms. The maximum Gasteiger partial charge on any atom is 0.220 e. The minimum Gasteiger partial charge on any atom is -0.394 e. The summed E-state index contributed by atoms with van der Waals surface area (Å²) < 4.78 is 22.8. The van der Waals surface area contributed by atoms with Crippen molar-refractivity contribution in [1.82, 2.24) is 5.32 Å². The van der Waals surface area contributed by atoms with Gasteiger partial charge >= 0.3 is 0 Å². The molecule has 12 atom stereocenters. The number of rotatable bonds is 55. The van der Waals surface area contributed by atoms with Crippen molar-refractivity contribution >= 4 is 5.91 Å². The molecule has 0 aromatic carbocycles. The van der Waals surface area contributed by atoms with Gasteiger partial charge in [-0.3, -0.25) is 4.79 Å². The first-order valence-corrected chi connectivity index (χ1v) is 33.6. The molecule has 472 valence electrons. The fourth-order valence-corrected chi connectivity index (χ4v) is 11.3. The van der Waals surface area contributed by atoms with Gasteiger partial charge in [-0.2, -0.15) is 0 Å². The molecule has 2 fully saturated rings. The summed E-state index contributed by atoms with van der Waals surface area (Å²) in [5.74, 6) is -0.244.